The van der Waals surface area contributed by atoms with Crippen molar-refractivity contribution in [2.45, 2.75) is 26.3 Å². The zero-order chi connectivity index (χ0) is 20.4. The summed E-state index contributed by atoms with van der Waals surface area (Å²) in [6.07, 6.45) is 2.78. The highest BCUT2D eigenvalue weighted by atomic mass is 32.2. The first-order chi connectivity index (χ1) is 14.0. The number of benzene rings is 2. The van der Waals surface area contributed by atoms with E-state index in [2.05, 4.69) is 53.1 Å². The number of hydrogen-bond donors (Lipinski definition) is 2. The van der Waals surface area contributed by atoms with Gasteiger partial charge in [-0.2, -0.15) is 0 Å². The molecule has 4 rings (SSSR count). The SMILES string of the molecule is CSNC(=O)c1ccc2c(c1)CC(C)(C)C(c1ccc(N3CCOCC3)cc1)N2. The van der Waals surface area contributed by atoms with Crippen LogP contribution in [0.15, 0.2) is 42.5 Å². The maximum atomic E-state index is 12.2. The first-order valence-electron chi connectivity index (χ1n) is 10.1. The van der Waals surface area contributed by atoms with E-state index in [0.29, 0.717) is 5.56 Å². The molecule has 0 radical (unpaired) electrons. The van der Waals surface area contributed by atoms with Gasteiger partial charge in [0.2, 0.25) is 0 Å². The molecule has 5 nitrogen and oxygen atoms in total. The van der Waals surface area contributed by atoms with Gasteiger partial charge in [0, 0.05) is 36.3 Å². The van der Waals surface area contributed by atoms with Crippen LogP contribution in [0.4, 0.5) is 11.4 Å². The van der Waals surface area contributed by atoms with E-state index in [1.54, 1.807) is 0 Å². The standard InChI is InChI=1S/C23H29N3O2S/c1-23(2)15-18-14-17(22(27)25-29-3)6-9-20(18)24-21(23)16-4-7-19(8-5-16)26-10-12-28-13-11-26/h4-9,14,21,24H,10-13,15H2,1-3H3,(H,25,27). The van der Waals surface area contributed by atoms with Crippen LogP contribution >= 0.6 is 11.9 Å². The van der Waals surface area contributed by atoms with Crippen molar-refractivity contribution in [2.75, 3.05) is 42.8 Å². The summed E-state index contributed by atoms with van der Waals surface area (Å²) >= 11 is 1.33. The highest BCUT2D eigenvalue weighted by molar-refractivity contribution is 7.97. The van der Waals surface area contributed by atoms with E-state index in [9.17, 15) is 4.79 Å². The van der Waals surface area contributed by atoms with E-state index in [4.69, 9.17) is 4.74 Å². The Morgan fingerprint density at radius 1 is 1.17 bits per heavy atom. The van der Waals surface area contributed by atoms with Crippen LogP contribution in [0.25, 0.3) is 0 Å². The third-order valence-electron chi connectivity index (χ3n) is 5.89. The lowest BCUT2D eigenvalue weighted by atomic mass is 9.72. The summed E-state index contributed by atoms with van der Waals surface area (Å²) < 4.78 is 8.26. The second-order valence-electron chi connectivity index (χ2n) is 8.44. The molecule has 1 fully saturated rings. The molecular weight excluding hydrogens is 382 g/mol. The minimum atomic E-state index is -0.0427. The van der Waals surface area contributed by atoms with E-state index in [1.165, 1.54) is 28.8 Å². The van der Waals surface area contributed by atoms with Gasteiger partial charge in [0.25, 0.3) is 5.91 Å². The number of nitrogens with zero attached hydrogens (tertiary/aromatic N) is 1. The number of anilines is 2. The predicted molar refractivity (Wildman–Crippen MR) is 121 cm³/mol. The number of rotatable bonds is 4. The van der Waals surface area contributed by atoms with Gasteiger partial charge in [-0.1, -0.05) is 37.9 Å². The second-order valence-corrected chi connectivity index (χ2v) is 9.05. The van der Waals surface area contributed by atoms with Crippen LogP contribution in [0, 0.1) is 5.41 Å². The van der Waals surface area contributed by atoms with Crippen molar-refractivity contribution in [3.8, 4) is 0 Å². The molecule has 29 heavy (non-hydrogen) atoms. The normalized spacial score (nSPS) is 20.5. The number of hydrogen-bond acceptors (Lipinski definition) is 5. The molecular formula is C23H29N3O2S. The Labute approximate surface area is 177 Å². The molecule has 0 bridgehead atoms. The molecule has 1 saturated heterocycles. The maximum Gasteiger partial charge on any atom is 0.261 e. The number of fused-ring (bicyclic) bond motifs is 1. The summed E-state index contributed by atoms with van der Waals surface area (Å²) in [5.74, 6) is -0.0427. The van der Waals surface area contributed by atoms with Crippen molar-refractivity contribution in [2.24, 2.45) is 5.41 Å². The minimum Gasteiger partial charge on any atom is -0.378 e. The maximum absolute atomic E-state index is 12.2. The largest absolute Gasteiger partial charge is 0.378 e. The third kappa shape index (κ3) is 4.23. The van der Waals surface area contributed by atoms with Crippen LogP contribution in [0.2, 0.25) is 0 Å². The molecule has 2 aromatic rings. The van der Waals surface area contributed by atoms with Crippen molar-refractivity contribution >= 4 is 29.2 Å². The molecule has 1 atom stereocenters. The monoisotopic (exact) mass is 411 g/mol. The zero-order valence-electron chi connectivity index (χ0n) is 17.3. The van der Waals surface area contributed by atoms with Gasteiger partial charge < -0.3 is 15.0 Å². The Kier molecular flexibility index (Phi) is 5.74. The fraction of sp³-hybridized carbons (Fsp3) is 0.435. The molecule has 2 N–H and O–H groups in total. The molecule has 0 saturated carbocycles. The number of ether oxygens (including phenoxy) is 1. The van der Waals surface area contributed by atoms with E-state index < -0.39 is 0 Å². The lowest BCUT2D eigenvalue weighted by Gasteiger charge is -2.41. The van der Waals surface area contributed by atoms with Crippen LogP contribution in [-0.4, -0.2) is 38.5 Å². The number of carbonyl (C=O) groups excluding carboxylic acids is 1. The van der Waals surface area contributed by atoms with E-state index >= 15 is 0 Å². The molecule has 2 aliphatic rings. The van der Waals surface area contributed by atoms with Crippen LogP contribution in [0.1, 0.15) is 41.4 Å². The zero-order valence-corrected chi connectivity index (χ0v) is 18.1. The number of nitrogens with one attached hydrogen (secondary N) is 2. The van der Waals surface area contributed by atoms with Crippen LogP contribution < -0.4 is 14.9 Å². The van der Waals surface area contributed by atoms with Gasteiger partial charge in [-0.15, -0.1) is 0 Å². The molecule has 1 unspecified atom stereocenters. The summed E-state index contributed by atoms with van der Waals surface area (Å²) in [7, 11) is 0. The third-order valence-corrected chi connectivity index (χ3v) is 6.28. The Hall–Kier alpha value is -2.18. The van der Waals surface area contributed by atoms with Gasteiger partial charge in [0.1, 0.15) is 0 Å². The highest BCUT2D eigenvalue weighted by Gasteiger charge is 2.36. The number of amides is 1. The van der Waals surface area contributed by atoms with Crippen molar-refractivity contribution in [1.29, 1.82) is 0 Å². The fourth-order valence-corrected chi connectivity index (χ4v) is 4.65. The van der Waals surface area contributed by atoms with E-state index in [1.807, 2.05) is 24.5 Å². The summed E-state index contributed by atoms with van der Waals surface area (Å²) in [6, 6.07) is 15.1. The molecule has 0 aromatic heterocycles. The summed E-state index contributed by atoms with van der Waals surface area (Å²) in [5.41, 5.74) is 5.61. The average molecular weight is 412 g/mol. The summed E-state index contributed by atoms with van der Waals surface area (Å²) in [5, 5.41) is 3.73. The Morgan fingerprint density at radius 2 is 1.90 bits per heavy atom. The van der Waals surface area contributed by atoms with E-state index in [-0.39, 0.29) is 17.4 Å². The number of carbonyl (C=O) groups is 1. The lowest BCUT2D eigenvalue weighted by molar-refractivity contribution is 0.0984. The van der Waals surface area contributed by atoms with Gasteiger partial charge in [-0.25, -0.2) is 0 Å². The predicted octanol–water partition coefficient (Wildman–Crippen LogP) is 4.27. The Bertz CT molecular complexity index is 876. The number of morpholine rings is 1. The smallest absolute Gasteiger partial charge is 0.261 e. The summed E-state index contributed by atoms with van der Waals surface area (Å²) in [4.78, 5) is 14.6. The topological polar surface area (TPSA) is 53.6 Å². The average Bonchev–Trinajstić information content (AvgIpc) is 2.73. The first-order valence-corrected chi connectivity index (χ1v) is 11.4. The quantitative estimate of drug-likeness (QED) is 0.736. The van der Waals surface area contributed by atoms with Crippen LogP contribution in [0.5, 0.6) is 0 Å². The molecule has 2 aliphatic heterocycles. The molecule has 2 heterocycles. The van der Waals surface area contributed by atoms with Gasteiger partial charge in [-0.3, -0.25) is 9.52 Å². The molecule has 154 valence electrons. The highest BCUT2D eigenvalue weighted by Crippen LogP contribution is 2.45. The van der Waals surface area contributed by atoms with Gasteiger partial charge in [-0.05, 0) is 53.3 Å². The van der Waals surface area contributed by atoms with Crippen molar-refractivity contribution in [3.63, 3.8) is 0 Å². The Balaban J connectivity index is 1.55. The van der Waals surface area contributed by atoms with E-state index in [0.717, 1.165) is 38.4 Å². The second kappa shape index (κ2) is 8.28. The molecule has 1 amide bonds. The van der Waals surface area contributed by atoms with Gasteiger partial charge in [0.05, 0.1) is 19.3 Å². The van der Waals surface area contributed by atoms with Gasteiger partial charge in [0.15, 0.2) is 0 Å². The fourth-order valence-electron chi connectivity index (χ4n) is 4.35. The Morgan fingerprint density at radius 3 is 2.59 bits per heavy atom. The van der Waals surface area contributed by atoms with Crippen LogP contribution in [0.3, 0.4) is 0 Å². The van der Waals surface area contributed by atoms with Crippen molar-refractivity contribution in [1.82, 2.24) is 4.72 Å². The van der Waals surface area contributed by atoms with Crippen molar-refractivity contribution in [3.05, 3.63) is 59.2 Å². The minimum absolute atomic E-state index is 0.0298. The lowest BCUT2D eigenvalue weighted by Crippen LogP contribution is -2.36. The van der Waals surface area contributed by atoms with Gasteiger partial charge >= 0.3 is 0 Å². The van der Waals surface area contributed by atoms with Crippen LogP contribution in [-0.2, 0) is 11.2 Å². The molecule has 6 heteroatoms. The molecule has 2 aromatic carbocycles. The first kappa shape index (κ1) is 20.1. The van der Waals surface area contributed by atoms with Crippen molar-refractivity contribution < 1.29 is 9.53 Å². The summed E-state index contributed by atoms with van der Waals surface area (Å²) in [6.45, 7) is 8.08. The molecule has 0 aliphatic carbocycles. The molecule has 0 spiro atoms.